The lowest BCUT2D eigenvalue weighted by Gasteiger charge is -2.16. The first-order valence-electron chi connectivity index (χ1n) is 3.80. The number of halogens is 2. The predicted molar refractivity (Wildman–Crippen MR) is 61.8 cm³/mol. The highest BCUT2D eigenvalue weighted by molar-refractivity contribution is 8.04. The fraction of sp³-hybridized carbons (Fsp3) is 0.333. The molecule has 0 saturated heterocycles. The van der Waals surface area contributed by atoms with Crippen molar-refractivity contribution in [2.24, 2.45) is 0 Å². The molecule has 0 amide bonds. The second kappa shape index (κ2) is 4.45. The van der Waals surface area contributed by atoms with Crippen LogP contribution in [0.25, 0.3) is 0 Å². The topological polar surface area (TPSA) is 3.24 Å². The van der Waals surface area contributed by atoms with Crippen LogP contribution in [0.3, 0.4) is 0 Å². The van der Waals surface area contributed by atoms with Gasteiger partial charge in [-0.2, -0.15) is 0 Å². The highest BCUT2D eigenvalue weighted by Gasteiger charge is 2.24. The zero-order valence-electron chi connectivity index (χ0n) is 7.55. The highest BCUT2D eigenvalue weighted by atomic mass is 35.5. The Morgan fingerprint density at radius 3 is 2.69 bits per heavy atom. The summed E-state index contributed by atoms with van der Waals surface area (Å²) in [5, 5.41) is 0.632. The summed E-state index contributed by atoms with van der Waals surface area (Å²) in [7, 11) is 1.94. The van der Waals surface area contributed by atoms with Gasteiger partial charge in [0.15, 0.2) is 4.83 Å². The third kappa shape index (κ3) is 2.46. The van der Waals surface area contributed by atoms with Crippen molar-refractivity contribution in [2.75, 3.05) is 7.05 Å². The summed E-state index contributed by atoms with van der Waals surface area (Å²) in [4.78, 5) is 3.14. The normalized spacial score (nSPS) is 24.2. The summed E-state index contributed by atoms with van der Waals surface area (Å²) in [5.74, 6) is 0. The van der Waals surface area contributed by atoms with E-state index in [4.69, 9.17) is 23.2 Å². The lowest BCUT2D eigenvalue weighted by Crippen LogP contribution is -2.17. The summed E-state index contributed by atoms with van der Waals surface area (Å²) in [6.45, 7) is 5.62. The van der Waals surface area contributed by atoms with Gasteiger partial charge in [-0.15, -0.1) is 0 Å². The average Bonchev–Trinajstić information content (AvgIpc) is 2.32. The van der Waals surface area contributed by atoms with Crippen LogP contribution < -0.4 is 0 Å². The largest absolute Gasteiger partial charge is 0.349 e. The number of rotatable bonds is 2. The van der Waals surface area contributed by atoms with E-state index in [9.17, 15) is 0 Å². The van der Waals surface area contributed by atoms with Crippen LogP contribution in [0.5, 0.6) is 0 Å². The van der Waals surface area contributed by atoms with Crippen molar-refractivity contribution in [2.45, 2.75) is 11.8 Å². The van der Waals surface area contributed by atoms with Crippen molar-refractivity contribution >= 4 is 35.0 Å². The van der Waals surface area contributed by atoms with E-state index in [0.717, 1.165) is 5.70 Å². The van der Waals surface area contributed by atoms with Gasteiger partial charge < -0.3 is 4.90 Å². The van der Waals surface area contributed by atoms with E-state index in [0.29, 0.717) is 5.03 Å². The summed E-state index contributed by atoms with van der Waals surface area (Å²) >= 11 is 13.5. The Balaban J connectivity index is 2.91. The molecule has 1 aliphatic rings. The number of allylic oxidation sites excluding steroid dienone is 4. The second-order valence-corrected chi connectivity index (χ2v) is 5.10. The SMILES string of the molecule is C=C/C(Cl)=C\C1=C(C)SC(Cl)N1C. The quantitative estimate of drug-likeness (QED) is 0.408. The zero-order valence-corrected chi connectivity index (χ0v) is 9.88. The fourth-order valence-corrected chi connectivity index (χ4v) is 2.53. The third-order valence-electron chi connectivity index (χ3n) is 1.79. The van der Waals surface area contributed by atoms with E-state index in [1.807, 2.05) is 24.9 Å². The van der Waals surface area contributed by atoms with Crippen molar-refractivity contribution in [3.63, 3.8) is 0 Å². The minimum Gasteiger partial charge on any atom is -0.349 e. The van der Waals surface area contributed by atoms with Crippen LogP contribution in [0.4, 0.5) is 0 Å². The van der Waals surface area contributed by atoms with Gasteiger partial charge in [0.1, 0.15) is 0 Å². The molecular weight excluding hydrogens is 225 g/mol. The van der Waals surface area contributed by atoms with Crippen molar-refractivity contribution < 1.29 is 0 Å². The molecule has 1 heterocycles. The Labute approximate surface area is 93.1 Å². The molecule has 0 aromatic rings. The smallest absolute Gasteiger partial charge is 0.155 e. The Morgan fingerprint density at radius 2 is 2.31 bits per heavy atom. The predicted octanol–water partition coefficient (Wildman–Crippen LogP) is 3.73. The average molecular weight is 236 g/mol. The Bertz CT molecular complexity index is 283. The molecule has 0 aromatic heterocycles. The van der Waals surface area contributed by atoms with Crippen LogP contribution >= 0.6 is 35.0 Å². The van der Waals surface area contributed by atoms with E-state index in [1.165, 1.54) is 4.91 Å². The number of alkyl halides is 1. The molecule has 1 unspecified atom stereocenters. The minimum atomic E-state index is -0.0273. The van der Waals surface area contributed by atoms with Gasteiger partial charge in [-0.25, -0.2) is 0 Å². The number of hydrogen-bond acceptors (Lipinski definition) is 2. The fourth-order valence-electron chi connectivity index (χ4n) is 1.04. The zero-order chi connectivity index (χ0) is 10.0. The first-order valence-corrected chi connectivity index (χ1v) is 5.49. The molecule has 13 heavy (non-hydrogen) atoms. The van der Waals surface area contributed by atoms with Gasteiger partial charge in [-0.1, -0.05) is 47.6 Å². The monoisotopic (exact) mass is 235 g/mol. The van der Waals surface area contributed by atoms with Crippen molar-refractivity contribution in [3.8, 4) is 0 Å². The summed E-state index contributed by atoms with van der Waals surface area (Å²) in [6.07, 6.45) is 3.49. The van der Waals surface area contributed by atoms with Gasteiger partial charge in [0.2, 0.25) is 0 Å². The highest BCUT2D eigenvalue weighted by Crippen LogP contribution is 2.39. The molecule has 0 aliphatic carbocycles. The van der Waals surface area contributed by atoms with E-state index in [1.54, 1.807) is 17.8 Å². The standard InChI is InChI=1S/C9H11Cl2NS/c1-4-7(10)5-8-6(2)13-9(11)12(8)3/h4-5,9H,1H2,2-3H3/b7-5+. The van der Waals surface area contributed by atoms with E-state index in [-0.39, 0.29) is 4.83 Å². The van der Waals surface area contributed by atoms with Gasteiger partial charge >= 0.3 is 0 Å². The first kappa shape index (κ1) is 11.0. The summed E-state index contributed by atoms with van der Waals surface area (Å²) in [6, 6.07) is 0. The molecule has 72 valence electrons. The van der Waals surface area contributed by atoms with Crippen LogP contribution in [0, 0.1) is 0 Å². The van der Waals surface area contributed by atoms with Crippen LogP contribution in [-0.2, 0) is 0 Å². The van der Waals surface area contributed by atoms with Crippen LogP contribution in [0.2, 0.25) is 0 Å². The molecule has 1 rings (SSSR count). The van der Waals surface area contributed by atoms with Crippen LogP contribution in [0.15, 0.2) is 34.4 Å². The first-order chi connectivity index (χ1) is 6.06. The number of nitrogens with zero attached hydrogens (tertiary/aromatic N) is 1. The van der Waals surface area contributed by atoms with E-state index < -0.39 is 0 Å². The summed E-state index contributed by atoms with van der Waals surface area (Å²) in [5.41, 5.74) is 1.06. The lowest BCUT2D eigenvalue weighted by atomic mass is 10.3. The lowest BCUT2D eigenvalue weighted by molar-refractivity contribution is 0.487. The van der Waals surface area contributed by atoms with Crippen LogP contribution in [0.1, 0.15) is 6.92 Å². The maximum Gasteiger partial charge on any atom is 0.155 e. The van der Waals surface area contributed by atoms with Gasteiger partial charge in [-0.3, -0.25) is 0 Å². The molecule has 0 aromatic carbocycles. The maximum absolute atomic E-state index is 6.03. The van der Waals surface area contributed by atoms with Crippen LogP contribution in [-0.4, -0.2) is 16.8 Å². The molecule has 0 spiro atoms. The molecule has 0 radical (unpaired) electrons. The second-order valence-electron chi connectivity index (χ2n) is 2.70. The van der Waals surface area contributed by atoms with Gasteiger partial charge in [0.25, 0.3) is 0 Å². The van der Waals surface area contributed by atoms with Crippen molar-refractivity contribution in [1.82, 2.24) is 4.90 Å². The summed E-state index contributed by atoms with van der Waals surface area (Å²) < 4.78 is 0. The molecule has 0 bridgehead atoms. The Hall–Kier alpha value is -0.0500. The molecule has 0 saturated carbocycles. The molecule has 1 nitrogen and oxygen atoms in total. The molecule has 0 N–H and O–H groups in total. The number of thioether (sulfide) groups is 1. The molecule has 0 fully saturated rings. The molecule has 1 atom stereocenters. The Morgan fingerprint density at radius 1 is 1.69 bits per heavy atom. The minimum absolute atomic E-state index is 0.0273. The third-order valence-corrected chi connectivity index (χ3v) is 3.69. The van der Waals surface area contributed by atoms with Crippen molar-refractivity contribution in [1.29, 1.82) is 0 Å². The van der Waals surface area contributed by atoms with Gasteiger partial charge in [0, 0.05) is 22.7 Å². The maximum atomic E-state index is 6.03. The molecule has 4 heteroatoms. The molecule has 1 aliphatic heterocycles. The number of likely N-dealkylation sites (N-methyl/N-ethyl adjacent to an activating group) is 1. The molecular formula is C9H11Cl2NS. The number of hydrogen-bond donors (Lipinski definition) is 0. The Kier molecular flexibility index (Phi) is 3.77. The van der Waals surface area contributed by atoms with E-state index in [2.05, 4.69) is 6.58 Å². The van der Waals surface area contributed by atoms with Gasteiger partial charge in [0.05, 0.1) is 0 Å². The van der Waals surface area contributed by atoms with E-state index >= 15 is 0 Å². The van der Waals surface area contributed by atoms with Gasteiger partial charge in [-0.05, 0) is 13.0 Å². The van der Waals surface area contributed by atoms with Crippen molar-refractivity contribution in [3.05, 3.63) is 34.4 Å².